The number of hydrogen-bond donors (Lipinski definition) is 3. The third kappa shape index (κ3) is 7.12. The zero-order valence-corrected chi connectivity index (χ0v) is 17.3. The molecule has 0 bridgehead atoms. The molecular formula is C15H16Br2ClN5S. The lowest BCUT2D eigenvalue weighted by Crippen LogP contribution is -2.26. The summed E-state index contributed by atoms with van der Waals surface area (Å²) in [5, 5.41) is 0. The minimum Gasteiger partial charge on any atom is -0.370 e. The highest BCUT2D eigenvalue weighted by atomic mass is 79.9. The largest absolute Gasteiger partial charge is 0.370 e. The van der Waals surface area contributed by atoms with Crippen molar-refractivity contribution in [2.75, 3.05) is 0 Å². The van der Waals surface area contributed by atoms with Crippen LogP contribution in [0.3, 0.4) is 0 Å². The molecule has 0 spiro atoms. The van der Waals surface area contributed by atoms with Gasteiger partial charge in [0, 0.05) is 19.6 Å². The Hall–Kier alpha value is -1.22. The Morgan fingerprint density at radius 3 is 2.08 bits per heavy atom. The molecule has 0 saturated carbocycles. The summed E-state index contributed by atoms with van der Waals surface area (Å²) in [5.41, 5.74) is 18.0. The van der Waals surface area contributed by atoms with E-state index in [2.05, 4.69) is 54.0 Å². The Balaban J connectivity index is 0.00000288. The second-order valence-corrected chi connectivity index (χ2v) is 7.45. The lowest BCUT2D eigenvalue weighted by Gasteiger charge is -2.04. The molecule has 2 aromatic carbocycles. The van der Waals surface area contributed by atoms with Gasteiger partial charge in [0.25, 0.3) is 0 Å². The SMILES string of the molecule is Cl.NC(N)=NC(N)=Nc1ccc(SCc2cc(Br)cc(Br)c2)cc1. The number of rotatable bonds is 4. The fraction of sp³-hybridized carbons (Fsp3) is 0.0667. The molecule has 0 amide bonds. The minimum absolute atomic E-state index is 0. The van der Waals surface area contributed by atoms with Crippen LogP contribution in [0.1, 0.15) is 5.56 Å². The van der Waals surface area contributed by atoms with E-state index in [4.69, 9.17) is 17.2 Å². The van der Waals surface area contributed by atoms with Crippen LogP contribution in [0.25, 0.3) is 0 Å². The van der Waals surface area contributed by atoms with Crippen LogP contribution in [0.5, 0.6) is 0 Å². The van der Waals surface area contributed by atoms with Crippen LogP contribution in [-0.2, 0) is 5.75 Å². The van der Waals surface area contributed by atoms with Crippen LogP contribution in [0, 0.1) is 0 Å². The Morgan fingerprint density at radius 2 is 1.54 bits per heavy atom. The van der Waals surface area contributed by atoms with Crippen molar-refractivity contribution in [2.24, 2.45) is 27.2 Å². The molecule has 0 atom stereocenters. The first-order chi connectivity index (χ1) is 10.9. The highest BCUT2D eigenvalue weighted by molar-refractivity contribution is 9.11. The van der Waals surface area contributed by atoms with Crippen molar-refractivity contribution in [3.05, 3.63) is 57.0 Å². The van der Waals surface area contributed by atoms with Gasteiger partial charge < -0.3 is 17.2 Å². The molecule has 5 nitrogen and oxygen atoms in total. The van der Waals surface area contributed by atoms with E-state index in [0.29, 0.717) is 5.69 Å². The topological polar surface area (TPSA) is 103 Å². The first-order valence-electron chi connectivity index (χ1n) is 6.54. The average Bonchev–Trinajstić information content (AvgIpc) is 2.44. The van der Waals surface area contributed by atoms with Crippen molar-refractivity contribution in [3.63, 3.8) is 0 Å². The van der Waals surface area contributed by atoms with Gasteiger partial charge in [-0.25, -0.2) is 4.99 Å². The van der Waals surface area contributed by atoms with Crippen molar-refractivity contribution in [2.45, 2.75) is 10.6 Å². The molecule has 0 aliphatic rings. The Labute approximate surface area is 167 Å². The van der Waals surface area contributed by atoms with E-state index in [1.165, 1.54) is 5.56 Å². The summed E-state index contributed by atoms with van der Waals surface area (Å²) in [7, 11) is 0. The van der Waals surface area contributed by atoms with Gasteiger partial charge in [-0.2, -0.15) is 4.99 Å². The van der Waals surface area contributed by atoms with E-state index in [1.54, 1.807) is 11.8 Å². The maximum atomic E-state index is 5.60. The normalized spacial score (nSPS) is 10.8. The minimum atomic E-state index is -0.112. The molecule has 0 aliphatic carbocycles. The predicted molar refractivity (Wildman–Crippen MR) is 112 cm³/mol. The van der Waals surface area contributed by atoms with Crippen molar-refractivity contribution in [1.29, 1.82) is 0 Å². The summed E-state index contributed by atoms with van der Waals surface area (Å²) in [4.78, 5) is 8.92. The summed E-state index contributed by atoms with van der Waals surface area (Å²) >= 11 is 8.73. The molecule has 0 saturated heterocycles. The smallest absolute Gasteiger partial charge is 0.223 e. The fourth-order valence-corrected chi connectivity index (χ4v) is 3.98. The number of nitrogens with zero attached hydrogens (tertiary/aromatic N) is 2. The molecule has 2 aromatic rings. The van der Waals surface area contributed by atoms with E-state index in [1.807, 2.05) is 30.3 Å². The highest BCUT2D eigenvalue weighted by Gasteiger charge is 2.01. The van der Waals surface area contributed by atoms with E-state index >= 15 is 0 Å². The fourth-order valence-electron chi connectivity index (χ4n) is 1.77. The molecule has 9 heteroatoms. The number of halogens is 3. The van der Waals surface area contributed by atoms with Gasteiger partial charge in [0.1, 0.15) is 0 Å². The maximum absolute atomic E-state index is 5.60. The van der Waals surface area contributed by atoms with E-state index in [-0.39, 0.29) is 24.3 Å². The van der Waals surface area contributed by atoms with Crippen LogP contribution in [0.4, 0.5) is 5.69 Å². The van der Waals surface area contributed by atoms with Gasteiger partial charge in [0.2, 0.25) is 5.96 Å². The summed E-state index contributed by atoms with van der Waals surface area (Å²) in [6.45, 7) is 0. The van der Waals surface area contributed by atoms with Crippen LogP contribution in [0.2, 0.25) is 0 Å². The standard InChI is InChI=1S/C15H15Br2N5S.ClH/c16-10-5-9(6-11(17)7-10)8-23-13-3-1-12(2-4-13)21-15(20)22-14(18)19;/h1-7H,8H2,(H6,18,19,20,21,22);1H. The van der Waals surface area contributed by atoms with E-state index in [0.717, 1.165) is 19.6 Å². The molecule has 24 heavy (non-hydrogen) atoms. The molecule has 0 heterocycles. The van der Waals surface area contributed by atoms with E-state index < -0.39 is 0 Å². The molecule has 0 fully saturated rings. The lowest BCUT2D eigenvalue weighted by molar-refractivity contribution is 1.34. The van der Waals surface area contributed by atoms with Gasteiger partial charge in [0.05, 0.1) is 5.69 Å². The molecule has 6 N–H and O–H groups in total. The molecule has 0 aliphatic heterocycles. The Bertz CT molecular complexity index is 726. The molecule has 2 rings (SSSR count). The van der Waals surface area contributed by atoms with Crippen molar-refractivity contribution >= 4 is 73.6 Å². The summed E-state index contributed by atoms with van der Waals surface area (Å²) in [6, 6.07) is 13.9. The second-order valence-electron chi connectivity index (χ2n) is 4.57. The van der Waals surface area contributed by atoms with Gasteiger partial charge in [-0.05, 0) is 48.0 Å². The molecule has 0 unspecified atom stereocenters. The van der Waals surface area contributed by atoms with Gasteiger partial charge in [-0.1, -0.05) is 31.9 Å². The summed E-state index contributed by atoms with van der Waals surface area (Å²) in [5.74, 6) is 0.791. The van der Waals surface area contributed by atoms with Crippen LogP contribution >= 0.6 is 56.0 Å². The maximum Gasteiger partial charge on any atom is 0.223 e. The second kappa shape index (κ2) is 9.93. The molecule has 128 valence electrons. The average molecular weight is 494 g/mol. The van der Waals surface area contributed by atoms with Gasteiger partial charge in [0.15, 0.2) is 5.96 Å². The number of nitrogens with two attached hydrogens (primary N) is 3. The Morgan fingerprint density at radius 1 is 0.958 bits per heavy atom. The zero-order chi connectivity index (χ0) is 16.8. The van der Waals surface area contributed by atoms with E-state index in [9.17, 15) is 0 Å². The van der Waals surface area contributed by atoms with Gasteiger partial charge in [-0.15, -0.1) is 24.2 Å². The molecule has 0 aromatic heterocycles. The number of guanidine groups is 2. The van der Waals surface area contributed by atoms with Gasteiger partial charge >= 0.3 is 0 Å². The van der Waals surface area contributed by atoms with Crippen molar-refractivity contribution in [1.82, 2.24) is 0 Å². The van der Waals surface area contributed by atoms with Crippen molar-refractivity contribution < 1.29 is 0 Å². The van der Waals surface area contributed by atoms with Crippen LogP contribution < -0.4 is 17.2 Å². The van der Waals surface area contributed by atoms with Crippen LogP contribution in [-0.4, -0.2) is 11.9 Å². The molecular weight excluding hydrogens is 478 g/mol. The third-order valence-electron chi connectivity index (χ3n) is 2.65. The monoisotopic (exact) mass is 491 g/mol. The zero-order valence-electron chi connectivity index (χ0n) is 12.4. The quantitative estimate of drug-likeness (QED) is 0.338. The summed E-state index contributed by atoms with van der Waals surface area (Å²) < 4.78 is 2.12. The highest BCUT2D eigenvalue weighted by Crippen LogP contribution is 2.28. The van der Waals surface area contributed by atoms with Crippen LogP contribution in [0.15, 0.2) is 66.3 Å². The summed E-state index contributed by atoms with van der Waals surface area (Å²) in [6.07, 6.45) is 0. The Kier molecular flexibility index (Phi) is 8.61. The number of aliphatic imine (C=N–C) groups is 2. The number of thioether (sulfide) groups is 1. The van der Waals surface area contributed by atoms with Crippen molar-refractivity contribution in [3.8, 4) is 0 Å². The predicted octanol–water partition coefficient (Wildman–Crippen LogP) is 4.15. The first kappa shape index (κ1) is 20.8. The molecule has 0 radical (unpaired) electrons. The first-order valence-corrected chi connectivity index (χ1v) is 9.11. The number of benzene rings is 2. The van der Waals surface area contributed by atoms with Gasteiger partial charge in [-0.3, -0.25) is 0 Å². The lowest BCUT2D eigenvalue weighted by atomic mass is 10.2. The third-order valence-corrected chi connectivity index (χ3v) is 4.65. The number of hydrogen-bond acceptors (Lipinski definition) is 2.